The van der Waals surface area contributed by atoms with Crippen LogP contribution in [0.3, 0.4) is 0 Å². The van der Waals surface area contributed by atoms with Crippen molar-refractivity contribution in [3.63, 3.8) is 0 Å². The number of hydrogen-bond acceptors (Lipinski definition) is 3. The maximum Gasteiger partial charge on any atom is 0.126 e. The third-order valence-corrected chi connectivity index (χ3v) is 3.12. The molecule has 13 heavy (non-hydrogen) atoms. The molecule has 0 aromatic carbocycles. The molecule has 78 valence electrons. The first-order valence-electron chi connectivity index (χ1n) is 4.95. The molecule has 1 atom stereocenters. The molecule has 1 rings (SSSR count). The Morgan fingerprint density at radius 2 is 2.08 bits per heavy atom. The van der Waals surface area contributed by atoms with E-state index in [0.29, 0.717) is 13.2 Å². The summed E-state index contributed by atoms with van der Waals surface area (Å²) < 4.78 is 4.98. The highest BCUT2D eigenvalue weighted by Crippen LogP contribution is 2.31. The monoisotopic (exact) mass is 187 g/mol. The number of nitrogens with two attached hydrogens (primary N) is 1. The van der Waals surface area contributed by atoms with Crippen molar-refractivity contribution in [1.82, 2.24) is 0 Å². The van der Waals surface area contributed by atoms with Crippen LogP contribution in [0, 0.1) is 5.41 Å². The lowest BCUT2D eigenvalue weighted by atomic mass is 9.77. The van der Waals surface area contributed by atoms with Crippen LogP contribution in [0.15, 0.2) is 0 Å². The summed E-state index contributed by atoms with van der Waals surface area (Å²) in [6.07, 6.45) is 1.93. The molecule has 0 aromatic heterocycles. The molecule has 0 saturated carbocycles. The lowest BCUT2D eigenvalue weighted by Gasteiger charge is -2.43. The molecule has 1 unspecified atom stereocenters. The smallest absolute Gasteiger partial charge is 0.126 e. The zero-order valence-electron chi connectivity index (χ0n) is 8.84. The molecule has 1 aliphatic rings. The van der Waals surface area contributed by atoms with Gasteiger partial charge in [0.05, 0.1) is 13.2 Å². The minimum Gasteiger partial charge on any atom is -0.383 e. The fourth-order valence-corrected chi connectivity index (χ4v) is 1.45. The number of hydrogen-bond donors (Lipinski definition) is 2. The van der Waals surface area contributed by atoms with Crippen LogP contribution in [0.25, 0.3) is 0 Å². The predicted molar refractivity (Wildman–Crippen MR) is 52.4 cm³/mol. The minimum absolute atomic E-state index is 0.156. The Kier molecular flexibility index (Phi) is 3.00. The van der Waals surface area contributed by atoms with Gasteiger partial charge in [-0.15, -0.1) is 0 Å². The van der Waals surface area contributed by atoms with Crippen molar-refractivity contribution >= 4 is 0 Å². The molecule has 3 nitrogen and oxygen atoms in total. The summed E-state index contributed by atoms with van der Waals surface area (Å²) in [5.74, 6) is 0. The van der Waals surface area contributed by atoms with E-state index in [2.05, 4.69) is 20.8 Å². The van der Waals surface area contributed by atoms with Crippen molar-refractivity contribution in [3.05, 3.63) is 0 Å². The largest absolute Gasteiger partial charge is 0.383 e. The summed E-state index contributed by atoms with van der Waals surface area (Å²) >= 11 is 0. The molecule has 0 aliphatic carbocycles. The highest BCUT2D eigenvalue weighted by Gasteiger charge is 2.43. The van der Waals surface area contributed by atoms with Gasteiger partial charge in [-0.25, -0.2) is 0 Å². The first-order chi connectivity index (χ1) is 5.90. The van der Waals surface area contributed by atoms with Crippen molar-refractivity contribution in [2.24, 2.45) is 11.1 Å². The average Bonchev–Trinajstić information content (AvgIpc) is 1.99. The summed E-state index contributed by atoms with van der Waals surface area (Å²) in [5, 5.41) is 9.89. The van der Waals surface area contributed by atoms with Gasteiger partial charge in [-0.1, -0.05) is 27.2 Å². The Morgan fingerprint density at radius 3 is 2.38 bits per heavy atom. The van der Waals surface area contributed by atoms with E-state index in [1.807, 2.05) is 0 Å². The molecular formula is C10H21NO2. The summed E-state index contributed by atoms with van der Waals surface area (Å²) in [6.45, 7) is 7.29. The maximum absolute atomic E-state index is 9.89. The van der Waals surface area contributed by atoms with E-state index in [4.69, 9.17) is 10.5 Å². The van der Waals surface area contributed by atoms with Crippen LogP contribution in [0.4, 0.5) is 0 Å². The second kappa shape index (κ2) is 3.56. The Balaban J connectivity index is 2.44. The quantitative estimate of drug-likeness (QED) is 0.687. The van der Waals surface area contributed by atoms with Crippen LogP contribution < -0.4 is 5.73 Å². The first-order valence-corrected chi connectivity index (χ1v) is 4.95. The van der Waals surface area contributed by atoms with Gasteiger partial charge in [-0.3, -0.25) is 0 Å². The van der Waals surface area contributed by atoms with Gasteiger partial charge in [0, 0.05) is 6.04 Å². The van der Waals surface area contributed by atoms with E-state index >= 15 is 0 Å². The molecule has 0 bridgehead atoms. The van der Waals surface area contributed by atoms with Crippen molar-refractivity contribution in [1.29, 1.82) is 0 Å². The van der Waals surface area contributed by atoms with E-state index in [1.54, 1.807) is 0 Å². The van der Waals surface area contributed by atoms with Crippen LogP contribution in [0.2, 0.25) is 0 Å². The second-order valence-corrected chi connectivity index (χ2v) is 4.92. The number of ether oxygens (including phenoxy) is 1. The molecule has 1 heterocycles. The fourth-order valence-electron chi connectivity index (χ4n) is 1.45. The highest BCUT2D eigenvalue weighted by atomic mass is 16.5. The standard InChI is InChI=1S/C10H21NO2/c1-4-9(2,3)5-8(11)10(12)6-13-7-10/h8,12H,4-7,11H2,1-3H3. The van der Waals surface area contributed by atoms with Gasteiger partial charge in [-0.05, 0) is 11.8 Å². The summed E-state index contributed by atoms with van der Waals surface area (Å²) in [7, 11) is 0. The van der Waals surface area contributed by atoms with Gasteiger partial charge in [0.25, 0.3) is 0 Å². The molecular weight excluding hydrogens is 166 g/mol. The SMILES string of the molecule is CCC(C)(C)CC(N)C1(O)COC1. The third kappa shape index (κ3) is 2.42. The van der Waals surface area contributed by atoms with Gasteiger partial charge in [0.15, 0.2) is 0 Å². The second-order valence-electron chi connectivity index (χ2n) is 4.92. The number of aliphatic hydroxyl groups is 1. The molecule has 3 heteroatoms. The molecule has 1 aliphatic heterocycles. The normalized spacial score (nSPS) is 23.8. The van der Waals surface area contributed by atoms with Crippen molar-refractivity contribution in [2.75, 3.05) is 13.2 Å². The molecule has 0 aromatic rings. The Bertz CT molecular complexity index is 176. The van der Waals surface area contributed by atoms with Crippen LogP contribution in [0.1, 0.15) is 33.6 Å². The van der Waals surface area contributed by atoms with Crippen LogP contribution in [-0.2, 0) is 4.74 Å². The van der Waals surface area contributed by atoms with Crippen molar-refractivity contribution in [2.45, 2.75) is 45.3 Å². The number of rotatable bonds is 4. The zero-order valence-corrected chi connectivity index (χ0v) is 8.84. The maximum atomic E-state index is 9.89. The topological polar surface area (TPSA) is 55.5 Å². The molecule has 0 amide bonds. The fraction of sp³-hybridized carbons (Fsp3) is 1.00. The zero-order chi connectivity index (χ0) is 10.1. The van der Waals surface area contributed by atoms with E-state index < -0.39 is 5.60 Å². The van der Waals surface area contributed by atoms with E-state index in [9.17, 15) is 5.11 Å². The van der Waals surface area contributed by atoms with Gasteiger partial charge in [-0.2, -0.15) is 0 Å². The van der Waals surface area contributed by atoms with Gasteiger partial charge < -0.3 is 15.6 Å². The molecule has 3 N–H and O–H groups in total. The molecule has 1 fully saturated rings. The molecule has 0 radical (unpaired) electrons. The third-order valence-electron chi connectivity index (χ3n) is 3.12. The molecule has 0 spiro atoms. The predicted octanol–water partition coefficient (Wildman–Crippen LogP) is 0.901. The van der Waals surface area contributed by atoms with Gasteiger partial charge in [0.2, 0.25) is 0 Å². The van der Waals surface area contributed by atoms with Gasteiger partial charge >= 0.3 is 0 Å². The van der Waals surface area contributed by atoms with Crippen molar-refractivity contribution < 1.29 is 9.84 Å². The summed E-state index contributed by atoms with van der Waals surface area (Å²) in [5.41, 5.74) is 5.40. The van der Waals surface area contributed by atoms with Gasteiger partial charge in [0.1, 0.15) is 5.60 Å². The van der Waals surface area contributed by atoms with Crippen LogP contribution in [0.5, 0.6) is 0 Å². The van der Waals surface area contributed by atoms with Crippen molar-refractivity contribution in [3.8, 4) is 0 Å². The van der Waals surface area contributed by atoms with E-state index in [-0.39, 0.29) is 11.5 Å². The Hall–Kier alpha value is -0.120. The Morgan fingerprint density at radius 1 is 1.54 bits per heavy atom. The highest BCUT2D eigenvalue weighted by molar-refractivity contribution is 4.96. The summed E-state index contributed by atoms with van der Waals surface area (Å²) in [6, 6.07) is -0.156. The average molecular weight is 187 g/mol. The summed E-state index contributed by atoms with van der Waals surface area (Å²) in [4.78, 5) is 0. The minimum atomic E-state index is -0.758. The van der Waals surface area contributed by atoms with E-state index in [1.165, 1.54) is 0 Å². The lowest BCUT2D eigenvalue weighted by Crippen LogP contribution is -2.62. The van der Waals surface area contributed by atoms with E-state index in [0.717, 1.165) is 12.8 Å². The first kappa shape index (κ1) is 11.0. The lowest BCUT2D eigenvalue weighted by molar-refractivity contribution is -0.193. The Labute approximate surface area is 80.3 Å². The van der Waals surface area contributed by atoms with Crippen LogP contribution >= 0.6 is 0 Å². The van der Waals surface area contributed by atoms with Crippen LogP contribution in [-0.4, -0.2) is 30.0 Å². The molecule has 1 saturated heterocycles.